The lowest BCUT2D eigenvalue weighted by Crippen LogP contribution is -2.31. The zero-order valence-corrected chi connectivity index (χ0v) is 28.5. The molecule has 0 aliphatic carbocycles. The second kappa shape index (κ2) is 18.5. The molecule has 1 heterocycles. The van der Waals surface area contributed by atoms with E-state index in [1.807, 2.05) is 72.8 Å². The first-order chi connectivity index (χ1) is 23.9. The van der Waals surface area contributed by atoms with E-state index < -0.39 is 12.2 Å². The molecule has 1 aliphatic heterocycles. The van der Waals surface area contributed by atoms with Gasteiger partial charge in [0.1, 0.15) is 5.75 Å². The van der Waals surface area contributed by atoms with Crippen molar-refractivity contribution in [2.45, 2.75) is 75.1 Å². The molecule has 258 valence electrons. The summed E-state index contributed by atoms with van der Waals surface area (Å²) in [6.45, 7) is 0.404. The van der Waals surface area contributed by atoms with Gasteiger partial charge >= 0.3 is 0 Å². The summed E-state index contributed by atoms with van der Waals surface area (Å²) in [4.78, 5) is 24.6. The molecule has 0 saturated carbocycles. The van der Waals surface area contributed by atoms with Crippen molar-refractivity contribution in [2.24, 2.45) is 0 Å². The van der Waals surface area contributed by atoms with Crippen LogP contribution in [0.5, 0.6) is 5.75 Å². The molecule has 49 heavy (non-hydrogen) atoms. The number of aliphatic hydroxyl groups is 1. The molecule has 5 rings (SSSR count). The van der Waals surface area contributed by atoms with Crippen LogP contribution in [-0.4, -0.2) is 41.1 Å². The molecule has 0 radical (unpaired) electrons. The lowest BCUT2D eigenvalue weighted by atomic mass is 9.99. The van der Waals surface area contributed by atoms with Crippen LogP contribution in [0.4, 0.5) is 0 Å². The highest BCUT2D eigenvalue weighted by atomic mass is 32.2. The molecule has 2 amide bonds. The summed E-state index contributed by atoms with van der Waals surface area (Å²) >= 11 is 1.70. The summed E-state index contributed by atoms with van der Waals surface area (Å²) in [7, 11) is 1.68. The van der Waals surface area contributed by atoms with Gasteiger partial charge < -0.3 is 24.6 Å². The van der Waals surface area contributed by atoms with Gasteiger partial charge in [0.05, 0.1) is 25.9 Å². The number of ether oxygens (including phenoxy) is 3. The highest BCUT2D eigenvalue weighted by Crippen LogP contribution is 2.41. The van der Waals surface area contributed by atoms with Gasteiger partial charge in [-0.25, -0.2) is 5.48 Å². The number of carbonyl (C=O) groups excluding carboxylic acids is 2. The van der Waals surface area contributed by atoms with E-state index in [2.05, 4.69) is 29.6 Å². The number of hydroxylamine groups is 1. The van der Waals surface area contributed by atoms with Gasteiger partial charge in [-0.05, 0) is 64.9 Å². The van der Waals surface area contributed by atoms with E-state index in [0.29, 0.717) is 32.2 Å². The van der Waals surface area contributed by atoms with Crippen LogP contribution in [0.3, 0.4) is 0 Å². The molecule has 1 aliphatic rings. The van der Waals surface area contributed by atoms with Crippen LogP contribution in [0.25, 0.3) is 11.1 Å². The Hall–Kier alpha value is -4.19. The zero-order chi connectivity index (χ0) is 34.4. The number of para-hydroxylation sites is 1. The maximum atomic E-state index is 12.4. The molecule has 4 aromatic rings. The summed E-state index contributed by atoms with van der Waals surface area (Å²) in [5.41, 5.74) is 7.45. The molecule has 0 bridgehead atoms. The minimum absolute atomic E-state index is 0.00880. The number of methoxy groups -OCH3 is 1. The van der Waals surface area contributed by atoms with Crippen LogP contribution in [0, 0.1) is 0 Å². The monoisotopic (exact) mass is 684 g/mol. The van der Waals surface area contributed by atoms with Crippen molar-refractivity contribution >= 4 is 23.6 Å². The van der Waals surface area contributed by atoms with Gasteiger partial charge in [-0.15, -0.1) is 11.8 Å². The Morgan fingerprint density at radius 3 is 2.31 bits per heavy atom. The summed E-state index contributed by atoms with van der Waals surface area (Å²) in [6.07, 6.45) is 2.49. The van der Waals surface area contributed by atoms with Crippen molar-refractivity contribution in [1.82, 2.24) is 10.8 Å². The van der Waals surface area contributed by atoms with Crippen LogP contribution in [0.1, 0.15) is 73.2 Å². The fourth-order valence-electron chi connectivity index (χ4n) is 5.76. The first-order valence-electron chi connectivity index (χ1n) is 16.6. The standard InChI is InChI=1S/C39H44N2O7S/c1-46-34-13-5-6-14-36(34)49-26-33-23-35(29-19-17-27(25-42)18-20-29)48-39(47-33)32-12-8-11-31(22-32)30-10-7-9-28(21-30)24-40-37(43)15-3-2-4-16-38(44)41-45/h5-14,17-22,33,35,39,42,45H,2-4,15-16,23-26H2,1H3,(H,40,43)(H,41,44)/t33-,35+,39+/m0/s1. The Bertz CT molecular complexity index is 1670. The number of benzene rings is 4. The molecule has 1 fully saturated rings. The number of nitrogens with one attached hydrogen (secondary N) is 2. The lowest BCUT2D eigenvalue weighted by Gasteiger charge is -2.36. The summed E-state index contributed by atoms with van der Waals surface area (Å²) in [5.74, 6) is 1.11. The molecule has 4 aromatic carbocycles. The van der Waals surface area contributed by atoms with E-state index in [1.54, 1.807) is 24.4 Å². The van der Waals surface area contributed by atoms with E-state index in [4.69, 9.17) is 19.4 Å². The highest BCUT2D eigenvalue weighted by molar-refractivity contribution is 7.99. The molecule has 0 aromatic heterocycles. The van der Waals surface area contributed by atoms with Crippen molar-refractivity contribution in [3.8, 4) is 16.9 Å². The van der Waals surface area contributed by atoms with Crippen LogP contribution in [0.2, 0.25) is 0 Å². The van der Waals surface area contributed by atoms with E-state index >= 15 is 0 Å². The summed E-state index contributed by atoms with van der Waals surface area (Å²) in [6, 6.07) is 32.2. The van der Waals surface area contributed by atoms with Crippen LogP contribution in [-0.2, 0) is 32.2 Å². The molecule has 9 nitrogen and oxygen atoms in total. The van der Waals surface area contributed by atoms with E-state index in [-0.39, 0.29) is 31.1 Å². The third-order valence-corrected chi connectivity index (χ3v) is 9.64. The summed E-state index contributed by atoms with van der Waals surface area (Å²) in [5, 5.41) is 21.1. The zero-order valence-electron chi connectivity index (χ0n) is 27.7. The second-order valence-corrected chi connectivity index (χ2v) is 13.1. The quantitative estimate of drug-likeness (QED) is 0.0421. The predicted octanol–water partition coefficient (Wildman–Crippen LogP) is 7.26. The summed E-state index contributed by atoms with van der Waals surface area (Å²) < 4.78 is 18.8. The van der Waals surface area contributed by atoms with Gasteiger partial charge in [-0.1, -0.05) is 79.2 Å². The number of carbonyl (C=O) groups is 2. The maximum Gasteiger partial charge on any atom is 0.243 e. The largest absolute Gasteiger partial charge is 0.496 e. The average Bonchev–Trinajstić information content (AvgIpc) is 3.16. The molecular formula is C39H44N2O7S. The Morgan fingerprint density at radius 1 is 0.816 bits per heavy atom. The van der Waals surface area contributed by atoms with Crippen LogP contribution >= 0.6 is 11.8 Å². The number of amides is 2. The van der Waals surface area contributed by atoms with Crippen LogP contribution < -0.4 is 15.5 Å². The van der Waals surface area contributed by atoms with Crippen molar-refractivity contribution in [2.75, 3.05) is 12.9 Å². The third-order valence-electron chi connectivity index (χ3n) is 8.45. The average molecular weight is 685 g/mol. The van der Waals surface area contributed by atoms with Gasteiger partial charge in [-0.2, -0.15) is 0 Å². The number of thioether (sulfide) groups is 1. The normalized spacial score (nSPS) is 17.3. The van der Waals surface area contributed by atoms with Crippen molar-refractivity contribution in [3.63, 3.8) is 0 Å². The molecule has 10 heteroatoms. The Morgan fingerprint density at radius 2 is 1.55 bits per heavy atom. The molecule has 0 unspecified atom stereocenters. The van der Waals surface area contributed by atoms with Gasteiger partial charge in [0, 0.05) is 42.0 Å². The molecule has 4 N–H and O–H groups in total. The Balaban J connectivity index is 1.25. The van der Waals surface area contributed by atoms with E-state index in [0.717, 1.165) is 56.2 Å². The van der Waals surface area contributed by atoms with Crippen molar-refractivity contribution in [3.05, 3.63) is 119 Å². The predicted molar refractivity (Wildman–Crippen MR) is 189 cm³/mol. The minimum Gasteiger partial charge on any atom is -0.496 e. The molecule has 1 saturated heterocycles. The number of hydrogen-bond donors (Lipinski definition) is 4. The minimum atomic E-state index is -0.583. The topological polar surface area (TPSA) is 126 Å². The van der Waals surface area contributed by atoms with Crippen LogP contribution in [0.15, 0.2) is 102 Å². The van der Waals surface area contributed by atoms with Gasteiger partial charge in [0.25, 0.3) is 0 Å². The number of hydrogen-bond acceptors (Lipinski definition) is 8. The fourth-order valence-corrected chi connectivity index (χ4v) is 6.81. The van der Waals surface area contributed by atoms with E-state index in [9.17, 15) is 14.7 Å². The van der Waals surface area contributed by atoms with Crippen molar-refractivity contribution < 1.29 is 34.1 Å². The first-order valence-corrected chi connectivity index (χ1v) is 17.6. The molecular weight excluding hydrogens is 641 g/mol. The molecule has 0 spiro atoms. The molecule has 3 atom stereocenters. The fraction of sp³-hybridized carbons (Fsp3) is 0.333. The number of rotatable bonds is 16. The van der Waals surface area contributed by atoms with E-state index in [1.165, 1.54) is 0 Å². The first kappa shape index (κ1) is 36.1. The Kier molecular flexibility index (Phi) is 13.7. The SMILES string of the molecule is COc1ccccc1SC[C@@H]1C[C@H](c2ccc(CO)cc2)O[C@H](c2cccc(-c3cccc(CNC(=O)CCCCCC(=O)NO)c3)c2)O1. The van der Waals surface area contributed by atoms with Gasteiger partial charge in [0.15, 0.2) is 6.29 Å². The van der Waals surface area contributed by atoms with Gasteiger partial charge in [0.2, 0.25) is 11.8 Å². The van der Waals surface area contributed by atoms with Gasteiger partial charge in [-0.3, -0.25) is 14.8 Å². The lowest BCUT2D eigenvalue weighted by molar-refractivity contribution is -0.245. The smallest absolute Gasteiger partial charge is 0.243 e. The third kappa shape index (κ3) is 10.6. The number of unbranched alkanes of at least 4 members (excludes halogenated alkanes) is 2. The Labute approximate surface area is 292 Å². The van der Waals surface area contributed by atoms with Crippen molar-refractivity contribution in [1.29, 1.82) is 0 Å². The maximum absolute atomic E-state index is 12.4. The highest BCUT2D eigenvalue weighted by Gasteiger charge is 2.32. The second-order valence-electron chi connectivity index (χ2n) is 12.0. The number of aliphatic hydroxyl groups excluding tert-OH is 1.